The average molecular weight is 362 g/mol. The molecule has 3 rings (SSSR count). The third kappa shape index (κ3) is 3.02. The summed E-state index contributed by atoms with van der Waals surface area (Å²) in [4.78, 5) is 11.2. The van der Waals surface area contributed by atoms with Crippen LogP contribution in [0.3, 0.4) is 0 Å². The lowest BCUT2D eigenvalue weighted by Crippen LogP contribution is -2.50. The molecular formula is C17H16NO4S2-. The van der Waals surface area contributed by atoms with Crippen molar-refractivity contribution in [2.75, 3.05) is 0 Å². The molecule has 0 spiro atoms. The second kappa shape index (κ2) is 6.16. The lowest BCUT2D eigenvalue weighted by Gasteiger charge is -2.23. The molecule has 24 heavy (non-hydrogen) atoms. The van der Waals surface area contributed by atoms with Crippen LogP contribution in [0.4, 0.5) is 0 Å². The molecular weight excluding hydrogens is 346 g/mol. The summed E-state index contributed by atoms with van der Waals surface area (Å²) >= 11 is 1.50. The molecule has 0 bridgehead atoms. The van der Waals surface area contributed by atoms with Gasteiger partial charge in [0.25, 0.3) is 0 Å². The van der Waals surface area contributed by atoms with Gasteiger partial charge in [0.1, 0.15) is 0 Å². The van der Waals surface area contributed by atoms with E-state index in [0.29, 0.717) is 0 Å². The summed E-state index contributed by atoms with van der Waals surface area (Å²) in [5.41, 5.74) is 0. The topological polar surface area (TPSA) is 86.3 Å². The molecule has 0 aliphatic heterocycles. The van der Waals surface area contributed by atoms with Gasteiger partial charge in [-0.15, -0.1) is 11.3 Å². The molecule has 0 saturated heterocycles. The van der Waals surface area contributed by atoms with Crippen LogP contribution >= 0.6 is 11.3 Å². The molecule has 1 atom stereocenters. The van der Waals surface area contributed by atoms with Crippen LogP contribution in [-0.2, 0) is 14.8 Å². The van der Waals surface area contributed by atoms with Gasteiger partial charge in [0.15, 0.2) is 0 Å². The van der Waals surface area contributed by atoms with Crippen LogP contribution in [0, 0.1) is 5.92 Å². The molecule has 1 heterocycles. The van der Waals surface area contributed by atoms with Crippen molar-refractivity contribution in [1.82, 2.24) is 4.72 Å². The SMILES string of the molecule is CC(C)[C@H](NS(=O)(=O)c1ccc2c(c1)sc1ccccc12)C(=O)[O-]. The number of thiophene rings is 1. The van der Waals surface area contributed by atoms with E-state index in [9.17, 15) is 18.3 Å². The highest BCUT2D eigenvalue weighted by Gasteiger charge is 2.24. The molecule has 0 fully saturated rings. The van der Waals surface area contributed by atoms with Gasteiger partial charge in [-0.2, -0.15) is 0 Å². The van der Waals surface area contributed by atoms with E-state index in [-0.39, 0.29) is 4.90 Å². The molecule has 126 valence electrons. The van der Waals surface area contributed by atoms with Gasteiger partial charge in [-0.3, -0.25) is 0 Å². The number of fused-ring (bicyclic) bond motifs is 3. The smallest absolute Gasteiger partial charge is 0.241 e. The first-order chi connectivity index (χ1) is 11.3. The number of aliphatic carboxylic acids is 1. The van der Waals surface area contributed by atoms with E-state index < -0.39 is 28.0 Å². The highest BCUT2D eigenvalue weighted by atomic mass is 32.2. The van der Waals surface area contributed by atoms with Gasteiger partial charge in [-0.05, 0) is 24.1 Å². The van der Waals surface area contributed by atoms with Crippen LogP contribution in [0.1, 0.15) is 13.8 Å². The van der Waals surface area contributed by atoms with E-state index in [2.05, 4.69) is 4.72 Å². The molecule has 0 aliphatic rings. The minimum Gasteiger partial charge on any atom is -0.548 e. The predicted molar refractivity (Wildman–Crippen MR) is 93.3 cm³/mol. The fourth-order valence-electron chi connectivity index (χ4n) is 2.56. The summed E-state index contributed by atoms with van der Waals surface area (Å²) in [6, 6.07) is 11.4. The number of hydrogen-bond donors (Lipinski definition) is 1. The number of rotatable bonds is 5. The lowest BCUT2D eigenvalue weighted by molar-refractivity contribution is -0.309. The van der Waals surface area contributed by atoms with E-state index >= 15 is 0 Å². The van der Waals surface area contributed by atoms with Crippen molar-refractivity contribution in [3.63, 3.8) is 0 Å². The van der Waals surface area contributed by atoms with Crippen LogP contribution < -0.4 is 9.83 Å². The molecule has 1 N–H and O–H groups in total. The van der Waals surface area contributed by atoms with Gasteiger partial charge >= 0.3 is 0 Å². The van der Waals surface area contributed by atoms with E-state index in [4.69, 9.17) is 0 Å². The summed E-state index contributed by atoms with van der Waals surface area (Å²) < 4.78 is 29.2. The molecule has 0 saturated carbocycles. The normalized spacial score (nSPS) is 13.6. The summed E-state index contributed by atoms with van der Waals surface area (Å²) in [6.45, 7) is 3.25. The largest absolute Gasteiger partial charge is 0.548 e. The Kier molecular flexibility index (Phi) is 4.33. The van der Waals surface area contributed by atoms with Crippen molar-refractivity contribution in [2.24, 2.45) is 5.92 Å². The van der Waals surface area contributed by atoms with E-state index in [0.717, 1.165) is 20.2 Å². The Morgan fingerprint density at radius 2 is 1.75 bits per heavy atom. The number of carboxylic acids is 1. The molecule has 3 aromatic rings. The fourth-order valence-corrected chi connectivity index (χ4v) is 5.14. The van der Waals surface area contributed by atoms with Gasteiger partial charge in [-0.25, -0.2) is 13.1 Å². The van der Waals surface area contributed by atoms with E-state index in [1.807, 2.05) is 24.3 Å². The number of carbonyl (C=O) groups excluding carboxylic acids is 1. The maximum absolute atomic E-state index is 12.5. The molecule has 1 aromatic heterocycles. The van der Waals surface area contributed by atoms with E-state index in [1.54, 1.807) is 26.0 Å². The van der Waals surface area contributed by atoms with Crippen molar-refractivity contribution in [2.45, 2.75) is 24.8 Å². The summed E-state index contributed by atoms with van der Waals surface area (Å²) in [5.74, 6) is -1.85. The van der Waals surface area contributed by atoms with E-state index in [1.165, 1.54) is 17.4 Å². The quantitative estimate of drug-likeness (QED) is 0.753. The Bertz CT molecular complexity index is 1020. The molecule has 0 amide bonds. The third-order valence-corrected chi connectivity index (χ3v) is 6.44. The van der Waals surface area contributed by atoms with Crippen molar-refractivity contribution in [3.8, 4) is 0 Å². The van der Waals surface area contributed by atoms with Crippen molar-refractivity contribution in [1.29, 1.82) is 0 Å². The number of benzene rings is 2. The first-order valence-corrected chi connectivity index (χ1v) is 9.74. The Balaban J connectivity index is 2.04. The summed E-state index contributed by atoms with van der Waals surface area (Å²) in [7, 11) is -3.94. The zero-order valence-electron chi connectivity index (χ0n) is 13.1. The molecule has 2 aromatic carbocycles. The van der Waals surface area contributed by atoms with Crippen molar-refractivity contribution < 1.29 is 18.3 Å². The Morgan fingerprint density at radius 1 is 1.08 bits per heavy atom. The van der Waals surface area contributed by atoms with Gasteiger partial charge in [0.05, 0.1) is 16.9 Å². The minimum absolute atomic E-state index is 0.0495. The molecule has 0 unspecified atom stereocenters. The van der Waals surface area contributed by atoms with Gasteiger partial charge in [0.2, 0.25) is 10.0 Å². The zero-order chi connectivity index (χ0) is 17.5. The maximum atomic E-state index is 12.5. The zero-order valence-corrected chi connectivity index (χ0v) is 14.8. The van der Waals surface area contributed by atoms with Gasteiger partial charge in [-0.1, -0.05) is 38.1 Å². The first kappa shape index (κ1) is 16.9. The number of hydrogen-bond acceptors (Lipinski definition) is 5. The second-order valence-electron chi connectivity index (χ2n) is 5.92. The van der Waals surface area contributed by atoms with Crippen LogP contribution in [0.5, 0.6) is 0 Å². The predicted octanol–water partition coefficient (Wildman–Crippen LogP) is 2.11. The monoisotopic (exact) mass is 362 g/mol. The second-order valence-corrected chi connectivity index (χ2v) is 8.72. The van der Waals surface area contributed by atoms with Gasteiger partial charge < -0.3 is 9.90 Å². The maximum Gasteiger partial charge on any atom is 0.241 e. The summed E-state index contributed by atoms with van der Waals surface area (Å²) in [5, 5.41) is 13.2. The standard InChI is InChI=1S/C17H17NO4S2/c1-10(2)16(17(19)20)18-24(21,22)11-7-8-13-12-5-3-4-6-14(12)23-15(13)9-11/h3-10,16,18H,1-2H3,(H,19,20)/p-1/t16-/m0/s1. The van der Waals surface area contributed by atoms with Crippen LogP contribution in [0.15, 0.2) is 47.4 Å². The summed E-state index contributed by atoms with van der Waals surface area (Å²) in [6.07, 6.45) is 0. The molecule has 0 aliphatic carbocycles. The van der Waals surface area contributed by atoms with Gasteiger partial charge in [0, 0.05) is 20.2 Å². The number of nitrogens with one attached hydrogen (secondary N) is 1. The first-order valence-electron chi connectivity index (χ1n) is 7.44. The average Bonchev–Trinajstić information content (AvgIpc) is 2.89. The number of sulfonamides is 1. The number of carbonyl (C=O) groups is 1. The molecule has 7 heteroatoms. The highest BCUT2D eigenvalue weighted by Crippen LogP contribution is 2.34. The Morgan fingerprint density at radius 3 is 2.42 bits per heavy atom. The Hall–Kier alpha value is -1.96. The molecule has 0 radical (unpaired) electrons. The third-order valence-electron chi connectivity index (χ3n) is 3.86. The lowest BCUT2D eigenvalue weighted by atomic mass is 10.1. The molecule has 5 nitrogen and oxygen atoms in total. The van der Waals surface area contributed by atoms with Crippen LogP contribution in [-0.4, -0.2) is 20.4 Å². The fraction of sp³-hybridized carbons (Fsp3) is 0.235. The van der Waals surface area contributed by atoms with Crippen molar-refractivity contribution >= 4 is 47.5 Å². The van der Waals surface area contributed by atoms with Crippen LogP contribution in [0.2, 0.25) is 0 Å². The minimum atomic E-state index is -3.94. The Labute approximate surface area is 144 Å². The highest BCUT2D eigenvalue weighted by molar-refractivity contribution is 7.89. The van der Waals surface area contributed by atoms with Crippen LogP contribution in [0.25, 0.3) is 20.2 Å². The van der Waals surface area contributed by atoms with Crippen molar-refractivity contribution in [3.05, 3.63) is 42.5 Å². The number of carboxylic acid groups (broad SMARTS) is 1.